The molecule has 0 radical (unpaired) electrons. The summed E-state index contributed by atoms with van der Waals surface area (Å²) in [5, 5.41) is 3.27. The van der Waals surface area contributed by atoms with E-state index in [2.05, 4.69) is 41.5 Å². The van der Waals surface area contributed by atoms with Gasteiger partial charge >= 0.3 is 0 Å². The highest BCUT2D eigenvalue weighted by Crippen LogP contribution is 2.19. The number of aryl methyl sites for hydroxylation is 1. The first-order valence-electron chi connectivity index (χ1n) is 10.3. The summed E-state index contributed by atoms with van der Waals surface area (Å²) in [7, 11) is 0. The van der Waals surface area contributed by atoms with E-state index in [-0.39, 0.29) is 11.7 Å². The first kappa shape index (κ1) is 19.6. The fourth-order valence-electron chi connectivity index (χ4n) is 3.46. The van der Waals surface area contributed by atoms with E-state index in [0.29, 0.717) is 36.8 Å². The Hall–Kier alpha value is -2.70. The number of hydrogen-bond donors (Lipinski definition) is 1. The van der Waals surface area contributed by atoms with Crippen molar-refractivity contribution in [2.45, 2.75) is 38.9 Å². The second-order valence-electron chi connectivity index (χ2n) is 7.38. The maximum Gasteiger partial charge on any atom is 0.258 e. The summed E-state index contributed by atoms with van der Waals surface area (Å²) >= 11 is 0. The number of benzene rings is 1. The zero-order valence-corrected chi connectivity index (χ0v) is 16.8. The third-order valence-corrected chi connectivity index (χ3v) is 5.16. The van der Waals surface area contributed by atoms with E-state index in [1.165, 1.54) is 22.8 Å². The molecular formula is C23H27N3O3. The molecule has 0 spiro atoms. The quantitative estimate of drug-likeness (QED) is 0.667. The van der Waals surface area contributed by atoms with Gasteiger partial charge in [0.05, 0.1) is 12.3 Å². The molecule has 29 heavy (non-hydrogen) atoms. The van der Waals surface area contributed by atoms with Crippen LogP contribution in [0.25, 0.3) is 5.65 Å². The van der Waals surface area contributed by atoms with Crippen molar-refractivity contribution in [2.75, 3.05) is 19.7 Å². The van der Waals surface area contributed by atoms with Gasteiger partial charge in [-0.3, -0.25) is 9.20 Å². The zero-order valence-electron chi connectivity index (χ0n) is 16.8. The van der Waals surface area contributed by atoms with Crippen LogP contribution in [0, 0.1) is 0 Å². The van der Waals surface area contributed by atoms with Crippen LogP contribution in [0.15, 0.2) is 53.5 Å². The Morgan fingerprint density at radius 3 is 2.79 bits per heavy atom. The molecule has 6 nitrogen and oxygen atoms in total. The third-order valence-electron chi connectivity index (χ3n) is 5.16. The lowest BCUT2D eigenvalue weighted by atomic mass is 10.1. The molecule has 0 aliphatic carbocycles. The van der Waals surface area contributed by atoms with Crippen LogP contribution in [0.4, 0.5) is 0 Å². The molecule has 2 aromatic heterocycles. The lowest BCUT2D eigenvalue weighted by Gasteiger charge is -2.23. The largest absolute Gasteiger partial charge is 0.489 e. The standard InChI is InChI=1S/C23H27N3O3/c1-2-3-4-17-5-7-18(8-6-17)16-29-19-9-11-26-22(13-19)25-20(14-23(26)27)21-15-24-10-12-28-21/h5-9,11,13-14,21,24H,2-4,10,12,15-16H2,1H3. The van der Waals surface area contributed by atoms with E-state index in [4.69, 9.17) is 9.47 Å². The fraction of sp³-hybridized carbons (Fsp3) is 0.391. The molecule has 1 aliphatic rings. The van der Waals surface area contributed by atoms with Crippen molar-refractivity contribution in [1.82, 2.24) is 14.7 Å². The molecule has 1 aromatic carbocycles. The average Bonchev–Trinajstić information content (AvgIpc) is 2.77. The Bertz CT molecular complexity index is 1010. The summed E-state index contributed by atoms with van der Waals surface area (Å²) < 4.78 is 13.2. The number of nitrogens with one attached hydrogen (secondary N) is 1. The van der Waals surface area contributed by atoms with Crippen LogP contribution in [0.2, 0.25) is 0 Å². The van der Waals surface area contributed by atoms with Crippen molar-refractivity contribution in [3.05, 3.63) is 75.8 Å². The van der Waals surface area contributed by atoms with Crippen LogP contribution in [-0.2, 0) is 17.8 Å². The molecule has 0 bridgehead atoms. The topological polar surface area (TPSA) is 64.9 Å². The average molecular weight is 393 g/mol. The number of fused-ring (bicyclic) bond motifs is 1. The van der Waals surface area contributed by atoms with Crippen LogP contribution < -0.4 is 15.6 Å². The number of nitrogens with zero attached hydrogens (tertiary/aromatic N) is 2. The van der Waals surface area contributed by atoms with E-state index < -0.39 is 0 Å². The molecule has 1 N–H and O–H groups in total. The Labute approximate surface area is 170 Å². The molecular weight excluding hydrogens is 366 g/mol. The number of morpholine rings is 1. The molecule has 0 amide bonds. The molecule has 1 fully saturated rings. The zero-order chi connectivity index (χ0) is 20.1. The summed E-state index contributed by atoms with van der Waals surface area (Å²) in [4.78, 5) is 17.1. The maximum absolute atomic E-state index is 12.4. The summed E-state index contributed by atoms with van der Waals surface area (Å²) in [6.45, 7) is 4.78. The molecule has 4 rings (SSSR count). The molecule has 152 valence electrons. The number of pyridine rings is 1. The predicted molar refractivity (Wildman–Crippen MR) is 112 cm³/mol. The van der Waals surface area contributed by atoms with E-state index in [1.54, 1.807) is 24.4 Å². The Kier molecular flexibility index (Phi) is 6.22. The summed E-state index contributed by atoms with van der Waals surface area (Å²) in [5.41, 5.74) is 3.58. The van der Waals surface area contributed by atoms with Gasteiger partial charge in [-0.25, -0.2) is 4.98 Å². The molecule has 1 atom stereocenters. The van der Waals surface area contributed by atoms with Gasteiger partial charge in [-0.05, 0) is 30.0 Å². The number of aromatic nitrogens is 2. The fourth-order valence-corrected chi connectivity index (χ4v) is 3.46. The summed E-state index contributed by atoms with van der Waals surface area (Å²) in [6.07, 6.45) is 5.04. The number of rotatable bonds is 7. The molecule has 1 unspecified atom stereocenters. The minimum Gasteiger partial charge on any atom is -0.489 e. The van der Waals surface area contributed by atoms with Crippen molar-refractivity contribution in [3.8, 4) is 5.75 Å². The molecule has 1 aliphatic heterocycles. The van der Waals surface area contributed by atoms with Crippen LogP contribution in [0.1, 0.15) is 42.7 Å². The van der Waals surface area contributed by atoms with Crippen LogP contribution >= 0.6 is 0 Å². The van der Waals surface area contributed by atoms with Crippen LogP contribution in [-0.4, -0.2) is 29.1 Å². The Morgan fingerprint density at radius 1 is 1.21 bits per heavy atom. The van der Waals surface area contributed by atoms with Gasteiger partial charge in [0, 0.05) is 31.4 Å². The molecule has 1 saturated heterocycles. The van der Waals surface area contributed by atoms with Gasteiger partial charge in [0.2, 0.25) is 0 Å². The highest BCUT2D eigenvalue weighted by atomic mass is 16.5. The van der Waals surface area contributed by atoms with Gasteiger partial charge in [-0.15, -0.1) is 0 Å². The molecule has 3 heterocycles. The van der Waals surface area contributed by atoms with E-state index in [1.807, 2.05) is 0 Å². The molecule has 0 saturated carbocycles. The van der Waals surface area contributed by atoms with Crippen LogP contribution in [0.5, 0.6) is 5.75 Å². The highest BCUT2D eigenvalue weighted by molar-refractivity contribution is 5.45. The Morgan fingerprint density at radius 2 is 2.03 bits per heavy atom. The Balaban J connectivity index is 1.48. The smallest absolute Gasteiger partial charge is 0.258 e. The van der Waals surface area contributed by atoms with E-state index >= 15 is 0 Å². The van der Waals surface area contributed by atoms with Gasteiger partial charge in [0.1, 0.15) is 24.1 Å². The lowest BCUT2D eigenvalue weighted by Crippen LogP contribution is -2.34. The van der Waals surface area contributed by atoms with E-state index in [9.17, 15) is 4.79 Å². The summed E-state index contributed by atoms with van der Waals surface area (Å²) in [6, 6.07) is 13.7. The maximum atomic E-state index is 12.4. The second-order valence-corrected chi connectivity index (χ2v) is 7.38. The van der Waals surface area contributed by atoms with Crippen molar-refractivity contribution in [1.29, 1.82) is 0 Å². The third kappa shape index (κ3) is 4.83. The number of hydrogen-bond acceptors (Lipinski definition) is 5. The molecule has 3 aromatic rings. The van der Waals surface area contributed by atoms with Crippen LogP contribution in [0.3, 0.4) is 0 Å². The van der Waals surface area contributed by atoms with Gasteiger partial charge < -0.3 is 14.8 Å². The van der Waals surface area contributed by atoms with Crippen molar-refractivity contribution in [3.63, 3.8) is 0 Å². The predicted octanol–water partition coefficient (Wildman–Crippen LogP) is 3.28. The van der Waals surface area contributed by atoms with Gasteiger partial charge in [-0.1, -0.05) is 37.6 Å². The van der Waals surface area contributed by atoms with Crippen molar-refractivity contribution < 1.29 is 9.47 Å². The van der Waals surface area contributed by atoms with Crippen molar-refractivity contribution >= 4 is 5.65 Å². The first-order valence-corrected chi connectivity index (χ1v) is 10.3. The van der Waals surface area contributed by atoms with Crippen molar-refractivity contribution in [2.24, 2.45) is 0 Å². The number of ether oxygens (including phenoxy) is 2. The minimum atomic E-state index is -0.197. The van der Waals surface area contributed by atoms with E-state index in [0.717, 1.165) is 18.5 Å². The SMILES string of the molecule is CCCCc1ccc(COc2ccn3c(=O)cc(C4CNCCO4)nc3c2)cc1. The van der Waals surface area contributed by atoms with Gasteiger partial charge in [-0.2, -0.15) is 0 Å². The monoisotopic (exact) mass is 393 g/mol. The molecule has 6 heteroatoms. The minimum absolute atomic E-state index is 0.117. The lowest BCUT2D eigenvalue weighted by molar-refractivity contribution is 0.0250. The highest BCUT2D eigenvalue weighted by Gasteiger charge is 2.18. The summed E-state index contributed by atoms with van der Waals surface area (Å²) in [5.74, 6) is 0.687. The van der Waals surface area contributed by atoms with Gasteiger partial charge in [0.15, 0.2) is 0 Å². The number of unbranched alkanes of at least 4 members (excludes halogenated alkanes) is 1. The normalized spacial score (nSPS) is 16.8. The van der Waals surface area contributed by atoms with Gasteiger partial charge in [0.25, 0.3) is 5.56 Å². The first-order chi connectivity index (χ1) is 14.2. The second kappa shape index (κ2) is 9.20.